The number of hydrogen-bond acceptors (Lipinski definition) is 9. The molecule has 0 fully saturated rings. The zero-order chi connectivity index (χ0) is 19.2. The minimum atomic E-state index is 0.246. The fourth-order valence-corrected chi connectivity index (χ4v) is 4.00. The number of rotatable bonds is 8. The Hall–Kier alpha value is -2.39. The van der Waals surface area contributed by atoms with Crippen LogP contribution in [0, 0.1) is 0 Å². The van der Waals surface area contributed by atoms with Gasteiger partial charge in [0.05, 0.1) is 18.1 Å². The number of nitrogens with two attached hydrogens (primary N) is 1. The summed E-state index contributed by atoms with van der Waals surface area (Å²) in [4.78, 5) is 19.3. The first kappa shape index (κ1) is 19.4. The van der Waals surface area contributed by atoms with Crippen molar-refractivity contribution in [2.45, 2.75) is 18.4 Å². The van der Waals surface area contributed by atoms with Gasteiger partial charge in [0.1, 0.15) is 16.6 Å². The van der Waals surface area contributed by atoms with Crippen molar-refractivity contribution in [2.75, 3.05) is 31.3 Å². The Morgan fingerprint density at radius 3 is 2.56 bits per heavy atom. The molecule has 0 aliphatic heterocycles. The van der Waals surface area contributed by atoms with E-state index in [1.54, 1.807) is 23.1 Å². The van der Waals surface area contributed by atoms with Gasteiger partial charge in [-0.2, -0.15) is 15.0 Å². The van der Waals surface area contributed by atoms with E-state index in [0.717, 1.165) is 27.8 Å². The van der Waals surface area contributed by atoms with Crippen molar-refractivity contribution in [1.29, 1.82) is 0 Å². The highest BCUT2D eigenvalue weighted by Crippen LogP contribution is 2.27. The third-order valence-electron chi connectivity index (χ3n) is 3.53. The molecule has 0 spiro atoms. The zero-order valence-corrected chi connectivity index (χ0v) is 17.2. The second-order valence-corrected chi connectivity index (χ2v) is 7.74. The molecule has 2 N–H and O–H groups in total. The Morgan fingerprint density at radius 2 is 1.85 bits per heavy atom. The molecule has 0 saturated heterocycles. The van der Waals surface area contributed by atoms with Gasteiger partial charge in [0, 0.05) is 30.8 Å². The number of aromatic nitrogens is 4. The number of anilines is 2. The summed E-state index contributed by atoms with van der Waals surface area (Å²) in [5.41, 5.74) is 7.90. The topological polar surface area (TPSA) is 90.0 Å². The third kappa shape index (κ3) is 5.30. The number of hydrogen-bond donors (Lipinski definition) is 1. The third-order valence-corrected chi connectivity index (χ3v) is 5.43. The van der Waals surface area contributed by atoms with Crippen LogP contribution in [0.4, 0.5) is 11.9 Å². The van der Waals surface area contributed by atoms with Gasteiger partial charge in [0.25, 0.3) is 0 Å². The molecule has 1 aromatic carbocycles. The van der Waals surface area contributed by atoms with Crippen LogP contribution in [0.1, 0.15) is 18.4 Å². The molecule has 142 valence electrons. The number of nitrogens with zero attached hydrogens (tertiary/aromatic N) is 5. The predicted octanol–water partition coefficient (Wildman–Crippen LogP) is 3.48. The van der Waals surface area contributed by atoms with Crippen LogP contribution in [0.5, 0.6) is 5.75 Å². The summed E-state index contributed by atoms with van der Waals surface area (Å²) in [5, 5.41) is 3.10. The molecule has 0 saturated carbocycles. The van der Waals surface area contributed by atoms with Gasteiger partial charge in [-0.3, -0.25) is 0 Å². The summed E-state index contributed by atoms with van der Waals surface area (Å²) in [6.07, 6.45) is 0. The molecule has 0 aliphatic rings. The lowest BCUT2D eigenvalue weighted by molar-refractivity contribution is 0.340. The van der Waals surface area contributed by atoms with Gasteiger partial charge in [0.2, 0.25) is 11.9 Å². The Balaban J connectivity index is 1.58. The summed E-state index contributed by atoms with van der Waals surface area (Å²) >= 11 is 3.35. The molecule has 0 unspecified atom stereocenters. The Bertz CT molecular complexity index is 882. The highest BCUT2D eigenvalue weighted by molar-refractivity contribution is 7.97. The summed E-state index contributed by atoms with van der Waals surface area (Å²) in [6, 6.07) is 8.03. The van der Waals surface area contributed by atoms with E-state index >= 15 is 0 Å². The lowest BCUT2D eigenvalue weighted by Crippen LogP contribution is -2.15. The normalized spacial score (nSPS) is 10.8. The zero-order valence-electron chi connectivity index (χ0n) is 15.5. The van der Waals surface area contributed by atoms with E-state index in [-0.39, 0.29) is 5.95 Å². The van der Waals surface area contributed by atoms with E-state index in [4.69, 9.17) is 15.5 Å². The van der Waals surface area contributed by atoms with Crippen LogP contribution < -0.4 is 15.4 Å². The summed E-state index contributed by atoms with van der Waals surface area (Å²) in [6.45, 7) is 2.65. The van der Waals surface area contributed by atoms with Gasteiger partial charge >= 0.3 is 0 Å². The molecular weight excluding hydrogens is 380 g/mol. The number of thioether (sulfide) groups is 1. The average molecular weight is 403 g/mol. The monoisotopic (exact) mass is 402 g/mol. The van der Waals surface area contributed by atoms with E-state index < -0.39 is 0 Å². The standard InChI is InChI=1S/C18H22N6OS2/c1-4-25-14-7-5-12(6-8-14)16-20-13(10-27-16)9-26-11-15-21-17(19)23-18(22-15)24(2)3/h5-8,10H,4,9,11H2,1-3H3,(H2,19,21,22,23). The summed E-state index contributed by atoms with van der Waals surface area (Å²) < 4.78 is 5.48. The highest BCUT2D eigenvalue weighted by atomic mass is 32.2. The number of thiazole rings is 1. The molecule has 0 atom stereocenters. The molecule has 7 nitrogen and oxygen atoms in total. The molecule has 9 heteroatoms. The fraction of sp³-hybridized carbons (Fsp3) is 0.333. The van der Waals surface area contributed by atoms with Crippen molar-refractivity contribution in [1.82, 2.24) is 19.9 Å². The molecule has 2 aromatic heterocycles. The highest BCUT2D eigenvalue weighted by Gasteiger charge is 2.09. The maximum atomic E-state index is 5.76. The van der Waals surface area contributed by atoms with Gasteiger partial charge in [0.15, 0.2) is 0 Å². The Kier molecular flexibility index (Phi) is 6.46. The van der Waals surface area contributed by atoms with Crippen molar-refractivity contribution in [3.63, 3.8) is 0 Å². The molecule has 0 bridgehead atoms. The van der Waals surface area contributed by atoms with Gasteiger partial charge in [-0.15, -0.1) is 23.1 Å². The minimum absolute atomic E-state index is 0.246. The van der Waals surface area contributed by atoms with Crippen LogP contribution in [0.25, 0.3) is 10.6 Å². The minimum Gasteiger partial charge on any atom is -0.494 e. The quantitative estimate of drug-likeness (QED) is 0.612. The number of nitrogen functional groups attached to an aromatic ring is 1. The average Bonchev–Trinajstić information content (AvgIpc) is 3.11. The molecule has 2 heterocycles. The van der Waals surface area contributed by atoms with E-state index in [9.17, 15) is 0 Å². The van der Waals surface area contributed by atoms with Crippen molar-refractivity contribution < 1.29 is 4.74 Å². The van der Waals surface area contributed by atoms with E-state index in [2.05, 4.69) is 20.3 Å². The van der Waals surface area contributed by atoms with Crippen molar-refractivity contribution in [2.24, 2.45) is 0 Å². The van der Waals surface area contributed by atoms with Crippen LogP contribution in [0.3, 0.4) is 0 Å². The van der Waals surface area contributed by atoms with Crippen LogP contribution in [-0.2, 0) is 11.5 Å². The van der Waals surface area contributed by atoms with Crippen molar-refractivity contribution in [3.05, 3.63) is 41.2 Å². The Labute approximate surface area is 167 Å². The second-order valence-electron chi connectivity index (χ2n) is 5.90. The van der Waals surface area contributed by atoms with Crippen LogP contribution in [-0.4, -0.2) is 40.6 Å². The number of benzene rings is 1. The first-order chi connectivity index (χ1) is 13.0. The van der Waals surface area contributed by atoms with Gasteiger partial charge in [-0.1, -0.05) is 0 Å². The van der Waals surface area contributed by atoms with Crippen molar-refractivity contribution >= 4 is 35.0 Å². The largest absolute Gasteiger partial charge is 0.494 e. The van der Waals surface area contributed by atoms with Crippen LogP contribution >= 0.6 is 23.1 Å². The summed E-state index contributed by atoms with van der Waals surface area (Å²) in [5.74, 6) is 3.82. The molecule has 0 aliphatic carbocycles. The molecule has 3 rings (SSSR count). The van der Waals surface area contributed by atoms with Gasteiger partial charge in [-0.25, -0.2) is 4.98 Å². The van der Waals surface area contributed by atoms with Crippen LogP contribution in [0.2, 0.25) is 0 Å². The maximum absolute atomic E-state index is 5.76. The van der Waals surface area contributed by atoms with E-state index in [1.807, 2.05) is 50.2 Å². The lowest BCUT2D eigenvalue weighted by Gasteiger charge is -2.11. The first-order valence-corrected chi connectivity index (χ1v) is 10.5. The van der Waals surface area contributed by atoms with Crippen LogP contribution in [0.15, 0.2) is 29.6 Å². The van der Waals surface area contributed by atoms with Crippen molar-refractivity contribution in [3.8, 4) is 16.3 Å². The predicted molar refractivity (Wildman–Crippen MR) is 112 cm³/mol. The molecular formula is C18H22N6OS2. The first-order valence-electron chi connectivity index (χ1n) is 8.48. The molecule has 0 radical (unpaired) electrons. The number of ether oxygens (including phenoxy) is 1. The molecule has 27 heavy (non-hydrogen) atoms. The lowest BCUT2D eigenvalue weighted by atomic mass is 10.2. The van der Waals surface area contributed by atoms with Gasteiger partial charge in [-0.05, 0) is 31.2 Å². The molecule has 0 amide bonds. The second kappa shape index (κ2) is 9.01. The SMILES string of the molecule is CCOc1ccc(-c2nc(CSCc3nc(N)nc(N(C)C)n3)cs2)cc1. The van der Waals surface area contributed by atoms with Gasteiger partial charge < -0.3 is 15.4 Å². The summed E-state index contributed by atoms with van der Waals surface area (Å²) in [7, 11) is 3.76. The molecule has 3 aromatic rings. The van der Waals surface area contributed by atoms with E-state index in [0.29, 0.717) is 24.1 Å². The Morgan fingerprint density at radius 1 is 1.07 bits per heavy atom. The van der Waals surface area contributed by atoms with E-state index in [1.165, 1.54) is 0 Å². The maximum Gasteiger partial charge on any atom is 0.229 e. The fourth-order valence-electron chi connectivity index (χ4n) is 2.30. The smallest absolute Gasteiger partial charge is 0.229 e.